The van der Waals surface area contributed by atoms with Crippen molar-refractivity contribution in [1.82, 2.24) is 0 Å². The molecule has 0 spiro atoms. The number of benzene rings is 4. The van der Waals surface area contributed by atoms with Gasteiger partial charge < -0.3 is 0 Å². The molecule has 0 aromatic heterocycles. The zero-order valence-electron chi connectivity index (χ0n) is 29.6. The molecule has 4 aromatic carbocycles. The second-order valence-corrected chi connectivity index (χ2v) is 29.5. The van der Waals surface area contributed by atoms with Crippen LogP contribution >= 0.6 is 11.0 Å². The van der Waals surface area contributed by atoms with Gasteiger partial charge in [-0.25, -0.2) is 0 Å². The summed E-state index contributed by atoms with van der Waals surface area (Å²) in [5.74, 6) is 0. The van der Waals surface area contributed by atoms with Crippen LogP contribution in [0.15, 0.2) is 121 Å². The zero-order chi connectivity index (χ0) is 35.0. The normalized spacial score (nSPS) is 11.9. The zero-order valence-corrected chi connectivity index (χ0v) is 34.8. The molecule has 0 fully saturated rings. The van der Waals surface area contributed by atoms with Gasteiger partial charge in [0.25, 0.3) is 0 Å². The van der Waals surface area contributed by atoms with Crippen LogP contribution in [0.2, 0.25) is 0 Å². The molecule has 0 N–H and O–H groups in total. The van der Waals surface area contributed by atoms with Crippen LogP contribution < -0.4 is 0 Å². The van der Waals surface area contributed by atoms with E-state index in [2.05, 4.69) is 152 Å². The molecule has 0 aliphatic carbocycles. The van der Waals surface area contributed by atoms with Crippen LogP contribution in [-0.2, 0) is 44.6 Å². The summed E-state index contributed by atoms with van der Waals surface area (Å²) in [5, 5.41) is 0. The van der Waals surface area contributed by atoms with Crippen LogP contribution in [0.3, 0.4) is 0 Å². The Hall–Kier alpha value is -1.38. The molecule has 0 radical (unpaired) electrons. The second kappa shape index (κ2) is 24.8. The molecule has 50 heavy (non-hydrogen) atoms. The molecule has 4 aromatic rings. The molecule has 0 bridgehead atoms. The molecule has 0 saturated carbocycles. The summed E-state index contributed by atoms with van der Waals surface area (Å²) in [7, 11) is 0. The fourth-order valence-electron chi connectivity index (χ4n) is 5.80. The molecule has 0 aliphatic rings. The Kier molecular flexibility index (Phi) is 20.5. The summed E-state index contributed by atoms with van der Waals surface area (Å²) in [4.78, 5) is 0. The molecule has 0 amide bonds. The molecule has 0 atom stereocenters. The molecule has 270 valence electrons. The van der Waals surface area contributed by atoms with Crippen LogP contribution in [0.25, 0.3) is 0 Å². The minimum absolute atomic E-state index is 0.577. The predicted octanol–water partition coefficient (Wildman–Crippen LogP) is 8.23. The van der Waals surface area contributed by atoms with Crippen LogP contribution in [0.5, 0.6) is 0 Å². The topological polar surface area (TPSA) is 36.9 Å². The van der Waals surface area contributed by atoms with E-state index in [0.717, 1.165) is 51.2 Å². The Morgan fingerprint density at radius 3 is 0.760 bits per heavy atom. The first kappa shape index (κ1) is 41.4. The molecule has 4 rings (SSSR count). The van der Waals surface area contributed by atoms with Gasteiger partial charge in [0.2, 0.25) is 0 Å². The van der Waals surface area contributed by atoms with Gasteiger partial charge in [-0.05, 0) is 0 Å². The Morgan fingerprint density at radius 2 is 0.520 bits per heavy atom. The summed E-state index contributed by atoms with van der Waals surface area (Å²) in [6, 6.07) is 43.4. The molecule has 0 unspecified atom stereocenters. The van der Waals surface area contributed by atoms with Gasteiger partial charge >= 0.3 is 319 Å². The van der Waals surface area contributed by atoms with Gasteiger partial charge in [-0.1, -0.05) is 0 Å². The van der Waals surface area contributed by atoms with Crippen molar-refractivity contribution in [3.05, 3.63) is 144 Å². The van der Waals surface area contributed by atoms with Gasteiger partial charge in [-0.3, -0.25) is 0 Å². The average molecular weight is 845 g/mol. The number of hydrogen-bond donors (Lipinski definition) is 0. The van der Waals surface area contributed by atoms with E-state index in [1.807, 2.05) is 0 Å². The van der Waals surface area contributed by atoms with Crippen molar-refractivity contribution in [1.29, 1.82) is 0 Å². The third-order valence-corrected chi connectivity index (χ3v) is 22.1. The van der Waals surface area contributed by atoms with Crippen molar-refractivity contribution in [2.75, 3.05) is 89.8 Å². The number of hydrogen-bond acceptors (Lipinski definition) is 4. The van der Waals surface area contributed by atoms with Crippen LogP contribution in [0.1, 0.15) is 22.3 Å². The Morgan fingerprint density at radius 1 is 0.300 bits per heavy atom. The van der Waals surface area contributed by atoms with Crippen molar-refractivity contribution in [3.63, 3.8) is 0 Å². The van der Waals surface area contributed by atoms with E-state index in [4.69, 9.17) is 18.9 Å². The minimum atomic E-state index is -1.25. The third-order valence-electron chi connectivity index (χ3n) is 9.01. The third kappa shape index (κ3) is 17.9. The van der Waals surface area contributed by atoms with Gasteiger partial charge in [-0.15, -0.1) is 0 Å². The van der Waals surface area contributed by atoms with E-state index in [0.29, 0.717) is 39.6 Å². The summed E-state index contributed by atoms with van der Waals surface area (Å²) in [6.07, 6.45) is 11.5. The molecule has 4 nitrogen and oxygen atoms in total. The van der Waals surface area contributed by atoms with E-state index >= 15 is 0 Å². The van der Waals surface area contributed by atoms with E-state index in [1.54, 1.807) is 0 Å². The van der Waals surface area contributed by atoms with Gasteiger partial charge in [0, 0.05) is 0 Å². The maximum absolute atomic E-state index is 6.04. The standard InChI is InChI=1S/C42H56O4P2Se2/c49-47(33-21-39-13-5-1-6-14-39,34-22-40-15-7-2-8-16-40)37-31-45-29-27-43-25-26-44-28-30-46-32-38-48(50,35-23-41-17-9-3-10-18-41)36-24-42-19-11-4-12-20-42/h1-20H,21-38H2. The van der Waals surface area contributed by atoms with Gasteiger partial charge in [0.15, 0.2) is 0 Å². The molecule has 0 heterocycles. The maximum atomic E-state index is 6.04. The van der Waals surface area contributed by atoms with Crippen LogP contribution in [-0.4, -0.2) is 120 Å². The van der Waals surface area contributed by atoms with Crippen LogP contribution in [0, 0.1) is 0 Å². The summed E-state index contributed by atoms with van der Waals surface area (Å²) < 4.78 is 23.7. The van der Waals surface area contributed by atoms with Crippen molar-refractivity contribution in [2.24, 2.45) is 0 Å². The fraction of sp³-hybridized carbons (Fsp3) is 0.429. The van der Waals surface area contributed by atoms with Gasteiger partial charge in [0.05, 0.1) is 0 Å². The Bertz CT molecular complexity index is 1310. The number of aryl methyl sites for hydroxylation is 4. The first-order chi connectivity index (χ1) is 24.5. The van der Waals surface area contributed by atoms with E-state index in [1.165, 1.54) is 46.9 Å². The van der Waals surface area contributed by atoms with Gasteiger partial charge in [-0.2, -0.15) is 0 Å². The number of ether oxygens (including phenoxy) is 4. The average Bonchev–Trinajstić information content (AvgIpc) is 3.17. The van der Waals surface area contributed by atoms with Gasteiger partial charge in [0.1, 0.15) is 0 Å². The molecule has 0 saturated heterocycles. The first-order valence-electron chi connectivity index (χ1n) is 18.1. The SMILES string of the molecule is [Se]=P(CCOCCOCCOCCOCCP(=[Se])(CCc1ccccc1)CCc1ccccc1)(CCc1ccccc1)CCc1ccccc1. The number of rotatable bonds is 27. The van der Waals surface area contributed by atoms with E-state index in [9.17, 15) is 0 Å². The summed E-state index contributed by atoms with van der Waals surface area (Å²) >= 11 is 7.36. The Labute approximate surface area is 317 Å². The predicted molar refractivity (Wildman–Crippen MR) is 218 cm³/mol. The second-order valence-electron chi connectivity index (χ2n) is 12.8. The van der Waals surface area contributed by atoms with Crippen molar-refractivity contribution >= 4 is 41.2 Å². The fourth-order valence-corrected chi connectivity index (χ4v) is 14.0. The quantitative estimate of drug-likeness (QED) is 0.0345. The van der Waals surface area contributed by atoms with Crippen LogP contribution in [0.4, 0.5) is 0 Å². The van der Waals surface area contributed by atoms with Crippen molar-refractivity contribution < 1.29 is 18.9 Å². The molecular weight excluding hydrogens is 788 g/mol. The van der Waals surface area contributed by atoms with Crippen molar-refractivity contribution in [3.8, 4) is 0 Å². The molecular formula is C42H56O4P2Se2. The van der Waals surface area contributed by atoms with Crippen molar-refractivity contribution in [2.45, 2.75) is 25.7 Å². The monoisotopic (exact) mass is 846 g/mol. The molecule has 0 aliphatic heterocycles. The summed E-state index contributed by atoms with van der Waals surface area (Å²) in [5.41, 5.74) is 3.18. The van der Waals surface area contributed by atoms with E-state index < -0.39 is 11.0 Å². The molecule has 8 heteroatoms. The Balaban J connectivity index is 1.04. The van der Waals surface area contributed by atoms with E-state index in [-0.39, 0.29) is 0 Å². The summed E-state index contributed by atoms with van der Waals surface area (Å²) in [6.45, 7) is 5.14. The first-order valence-corrected chi connectivity index (χ1v) is 27.3.